The zero-order valence-corrected chi connectivity index (χ0v) is 21.7. The van der Waals surface area contributed by atoms with Gasteiger partial charge in [-0.25, -0.2) is 9.37 Å². The number of carbonyl (C=O) groups is 3. The Balaban J connectivity index is 1.77. The number of benzene rings is 2. The summed E-state index contributed by atoms with van der Waals surface area (Å²) in [4.78, 5) is 41.2. The molecule has 200 valence electrons. The number of halogens is 1. The van der Waals surface area contributed by atoms with Gasteiger partial charge in [-0.3, -0.25) is 14.4 Å². The van der Waals surface area contributed by atoms with Crippen molar-refractivity contribution in [3.05, 3.63) is 89.7 Å². The van der Waals surface area contributed by atoms with Crippen molar-refractivity contribution in [3.63, 3.8) is 0 Å². The Bertz CT molecular complexity index is 1210. The molecule has 9 heteroatoms. The number of alkyl halides is 1. The number of esters is 2. The van der Waals surface area contributed by atoms with Gasteiger partial charge in [-0.05, 0) is 18.1 Å². The standard InChI is InChI=1S/C29H30FNO7/c1-19(17-24(33)26-27(37-18-36-21(3)32)25(35-4)15-16-31-26)28(34)38-20(2)29(30,22-11-7-5-8-12-22)23-13-9-6-10-14-23/h5-16,19-20H,17-18H2,1-4H3/t19-,20+/m1/s1. The van der Waals surface area contributed by atoms with Crippen LogP contribution in [0.25, 0.3) is 0 Å². The zero-order valence-electron chi connectivity index (χ0n) is 21.7. The van der Waals surface area contributed by atoms with Crippen LogP contribution in [-0.4, -0.2) is 42.7 Å². The number of pyridine rings is 1. The van der Waals surface area contributed by atoms with Crippen molar-refractivity contribution >= 4 is 17.7 Å². The van der Waals surface area contributed by atoms with E-state index in [1.807, 2.05) is 0 Å². The Morgan fingerprint density at radius 3 is 2.05 bits per heavy atom. The summed E-state index contributed by atoms with van der Waals surface area (Å²) in [6.07, 6.45) is -0.131. The summed E-state index contributed by atoms with van der Waals surface area (Å²) in [5.74, 6) is -2.59. The maximum atomic E-state index is 16.7. The van der Waals surface area contributed by atoms with Gasteiger partial charge in [0.15, 0.2) is 28.6 Å². The molecule has 0 saturated heterocycles. The quantitative estimate of drug-likeness (QED) is 0.185. The summed E-state index contributed by atoms with van der Waals surface area (Å²) in [6.45, 7) is 3.75. The van der Waals surface area contributed by atoms with Gasteiger partial charge in [-0.15, -0.1) is 0 Å². The van der Waals surface area contributed by atoms with Gasteiger partial charge in [0, 0.05) is 25.6 Å². The van der Waals surface area contributed by atoms with Crippen LogP contribution in [0.5, 0.6) is 11.5 Å². The van der Waals surface area contributed by atoms with E-state index >= 15 is 4.39 Å². The van der Waals surface area contributed by atoms with Crippen molar-refractivity contribution in [3.8, 4) is 11.5 Å². The third kappa shape index (κ3) is 6.53. The second-order valence-electron chi connectivity index (χ2n) is 8.64. The third-order valence-corrected chi connectivity index (χ3v) is 5.95. The van der Waals surface area contributed by atoms with Crippen molar-refractivity contribution in [2.45, 2.75) is 39.0 Å². The summed E-state index contributed by atoms with van der Waals surface area (Å²) in [7, 11) is 1.38. The maximum Gasteiger partial charge on any atom is 0.309 e. The highest BCUT2D eigenvalue weighted by molar-refractivity contribution is 5.99. The Labute approximate surface area is 220 Å². The molecule has 0 saturated carbocycles. The molecule has 0 spiro atoms. The summed E-state index contributed by atoms with van der Waals surface area (Å²) in [5, 5.41) is 0. The van der Waals surface area contributed by atoms with E-state index in [0.717, 1.165) is 0 Å². The fraction of sp³-hybridized carbons (Fsp3) is 0.310. The maximum absolute atomic E-state index is 16.7. The Hall–Kier alpha value is -4.27. The van der Waals surface area contributed by atoms with Crippen LogP contribution in [-0.2, 0) is 24.7 Å². The van der Waals surface area contributed by atoms with E-state index in [0.29, 0.717) is 11.1 Å². The summed E-state index contributed by atoms with van der Waals surface area (Å²) in [5.41, 5.74) is -1.54. The molecule has 8 nitrogen and oxygen atoms in total. The molecule has 0 fully saturated rings. The van der Waals surface area contributed by atoms with Crippen LogP contribution >= 0.6 is 0 Å². The predicted molar refractivity (Wildman–Crippen MR) is 136 cm³/mol. The summed E-state index contributed by atoms with van der Waals surface area (Å²) < 4.78 is 37.7. The van der Waals surface area contributed by atoms with Gasteiger partial charge in [-0.2, -0.15) is 0 Å². The van der Waals surface area contributed by atoms with Crippen LogP contribution in [0.2, 0.25) is 0 Å². The summed E-state index contributed by atoms with van der Waals surface area (Å²) >= 11 is 0. The van der Waals surface area contributed by atoms with Crippen LogP contribution in [0.15, 0.2) is 72.9 Å². The fourth-order valence-corrected chi connectivity index (χ4v) is 3.93. The predicted octanol–water partition coefficient (Wildman–Crippen LogP) is 5.04. The number of ether oxygens (including phenoxy) is 4. The average Bonchev–Trinajstić information content (AvgIpc) is 2.93. The Morgan fingerprint density at radius 2 is 1.53 bits per heavy atom. The van der Waals surface area contributed by atoms with Gasteiger partial charge in [-0.1, -0.05) is 67.6 Å². The minimum atomic E-state index is -2.12. The number of hydrogen-bond donors (Lipinski definition) is 0. The first kappa shape index (κ1) is 28.3. The molecule has 3 aromatic rings. The molecule has 0 aliphatic carbocycles. The first-order valence-corrected chi connectivity index (χ1v) is 12.0. The molecule has 0 radical (unpaired) electrons. The van der Waals surface area contributed by atoms with Gasteiger partial charge in [0.05, 0.1) is 13.0 Å². The number of nitrogens with zero attached hydrogens (tertiary/aromatic N) is 1. The van der Waals surface area contributed by atoms with E-state index < -0.39 is 42.2 Å². The zero-order chi connectivity index (χ0) is 27.7. The molecule has 0 amide bonds. The normalized spacial score (nSPS) is 12.7. The third-order valence-electron chi connectivity index (χ3n) is 5.95. The fourth-order valence-electron chi connectivity index (χ4n) is 3.93. The van der Waals surface area contributed by atoms with Crippen LogP contribution in [0, 0.1) is 5.92 Å². The van der Waals surface area contributed by atoms with Crippen molar-refractivity contribution in [1.82, 2.24) is 4.98 Å². The van der Waals surface area contributed by atoms with Crippen molar-refractivity contribution in [2.24, 2.45) is 5.92 Å². The van der Waals surface area contributed by atoms with E-state index in [4.69, 9.17) is 18.9 Å². The molecule has 0 N–H and O–H groups in total. The lowest BCUT2D eigenvalue weighted by molar-refractivity contribution is -0.159. The van der Waals surface area contributed by atoms with Crippen LogP contribution in [0.3, 0.4) is 0 Å². The molecule has 1 aromatic heterocycles. The molecule has 1 heterocycles. The van der Waals surface area contributed by atoms with E-state index in [2.05, 4.69) is 4.98 Å². The number of aromatic nitrogens is 1. The SMILES string of the molecule is COc1ccnc(C(=O)C[C@@H](C)C(=O)O[C@@H](C)C(F)(c2ccccc2)c2ccccc2)c1OCOC(C)=O. The number of rotatable bonds is 12. The highest BCUT2D eigenvalue weighted by Crippen LogP contribution is 2.39. The molecule has 0 unspecified atom stereocenters. The lowest BCUT2D eigenvalue weighted by Crippen LogP contribution is -2.39. The number of ketones is 1. The smallest absolute Gasteiger partial charge is 0.309 e. The van der Waals surface area contributed by atoms with E-state index in [1.165, 1.54) is 40.1 Å². The van der Waals surface area contributed by atoms with Gasteiger partial charge in [0.1, 0.15) is 6.10 Å². The molecule has 0 aliphatic rings. The largest absolute Gasteiger partial charge is 0.493 e. The van der Waals surface area contributed by atoms with Crippen molar-refractivity contribution in [1.29, 1.82) is 0 Å². The minimum absolute atomic E-state index is 0.0221. The van der Waals surface area contributed by atoms with Crippen LogP contribution < -0.4 is 9.47 Å². The molecule has 3 rings (SSSR count). The molecule has 2 atom stereocenters. The second kappa shape index (κ2) is 12.8. The Kier molecular flexibility index (Phi) is 9.54. The monoisotopic (exact) mass is 523 g/mol. The molecule has 2 aromatic carbocycles. The highest BCUT2D eigenvalue weighted by Gasteiger charge is 2.43. The van der Waals surface area contributed by atoms with E-state index in [1.54, 1.807) is 60.7 Å². The molecule has 0 bridgehead atoms. The van der Waals surface area contributed by atoms with Crippen LogP contribution in [0.1, 0.15) is 48.8 Å². The first-order valence-electron chi connectivity index (χ1n) is 12.0. The van der Waals surface area contributed by atoms with Crippen molar-refractivity contribution < 1.29 is 37.7 Å². The van der Waals surface area contributed by atoms with Gasteiger partial charge in [0.25, 0.3) is 0 Å². The Morgan fingerprint density at radius 1 is 0.947 bits per heavy atom. The number of methoxy groups -OCH3 is 1. The molecule has 0 aliphatic heterocycles. The lowest BCUT2D eigenvalue weighted by atomic mass is 9.84. The lowest BCUT2D eigenvalue weighted by Gasteiger charge is -2.32. The molecular formula is C29H30FNO7. The van der Waals surface area contributed by atoms with E-state index in [-0.39, 0.29) is 23.6 Å². The van der Waals surface area contributed by atoms with Crippen LogP contribution in [0.4, 0.5) is 4.39 Å². The van der Waals surface area contributed by atoms with Gasteiger partial charge in [0.2, 0.25) is 6.79 Å². The number of carbonyl (C=O) groups excluding carboxylic acids is 3. The summed E-state index contributed by atoms with van der Waals surface area (Å²) in [6, 6.07) is 18.4. The minimum Gasteiger partial charge on any atom is -0.493 e. The number of Topliss-reactive ketones (excluding diaryl/α,β-unsaturated/α-hetero) is 1. The van der Waals surface area contributed by atoms with Gasteiger partial charge >= 0.3 is 11.9 Å². The highest BCUT2D eigenvalue weighted by atomic mass is 19.1. The number of hydrogen-bond acceptors (Lipinski definition) is 8. The van der Waals surface area contributed by atoms with Crippen molar-refractivity contribution in [2.75, 3.05) is 13.9 Å². The average molecular weight is 524 g/mol. The molecule has 38 heavy (non-hydrogen) atoms. The van der Waals surface area contributed by atoms with E-state index in [9.17, 15) is 14.4 Å². The molecular weight excluding hydrogens is 493 g/mol. The topological polar surface area (TPSA) is 101 Å². The first-order chi connectivity index (χ1) is 18.2. The van der Waals surface area contributed by atoms with Gasteiger partial charge < -0.3 is 18.9 Å². The second-order valence-corrected chi connectivity index (χ2v) is 8.64.